The topological polar surface area (TPSA) is 42.5 Å². The summed E-state index contributed by atoms with van der Waals surface area (Å²) in [6.07, 6.45) is 2.42. The van der Waals surface area contributed by atoms with E-state index in [1.807, 2.05) is 6.07 Å². The van der Waals surface area contributed by atoms with E-state index in [9.17, 15) is 0 Å². The van der Waals surface area contributed by atoms with Crippen LogP contribution in [0, 0.1) is 5.92 Å². The molecular formula is C14H21ClN2O2. The molecule has 0 amide bonds. The van der Waals surface area contributed by atoms with Crippen molar-refractivity contribution in [3.05, 3.63) is 17.2 Å². The lowest BCUT2D eigenvalue weighted by atomic mass is 9.98. The van der Waals surface area contributed by atoms with E-state index < -0.39 is 0 Å². The van der Waals surface area contributed by atoms with E-state index in [-0.39, 0.29) is 0 Å². The molecule has 0 saturated carbocycles. The maximum absolute atomic E-state index is 6.09. The highest BCUT2D eigenvalue weighted by molar-refractivity contribution is 6.32. The SMILES string of the molecule is COc1cc(NCC2CCNCC2)c(OC)cc1Cl. The van der Waals surface area contributed by atoms with Gasteiger partial charge < -0.3 is 20.1 Å². The van der Waals surface area contributed by atoms with Crippen molar-refractivity contribution in [2.24, 2.45) is 5.92 Å². The van der Waals surface area contributed by atoms with Gasteiger partial charge in [-0.25, -0.2) is 0 Å². The number of piperidine rings is 1. The van der Waals surface area contributed by atoms with Crippen LogP contribution in [0.15, 0.2) is 12.1 Å². The van der Waals surface area contributed by atoms with E-state index in [2.05, 4.69) is 10.6 Å². The number of rotatable bonds is 5. The Morgan fingerprint density at radius 2 is 1.89 bits per heavy atom. The van der Waals surface area contributed by atoms with Crippen molar-refractivity contribution in [1.82, 2.24) is 5.32 Å². The van der Waals surface area contributed by atoms with Crippen molar-refractivity contribution in [3.63, 3.8) is 0 Å². The van der Waals surface area contributed by atoms with Gasteiger partial charge in [-0.1, -0.05) is 11.6 Å². The Balaban J connectivity index is 2.05. The number of methoxy groups -OCH3 is 2. The average Bonchev–Trinajstić information content (AvgIpc) is 2.46. The average molecular weight is 285 g/mol. The van der Waals surface area contributed by atoms with Crippen LogP contribution >= 0.6 is 11.6 Å². The molecule has 1 saturated heterocycles. The van der Waals surface area contributed by atoms with E-state index in [0.29, 0.717) is 16.7 Å². The standard InChI is InChI=1S/C14H21ClN2O2/c1-18-13-8-12(14(19-2)7-11(13)15)17-9-10-3-5-16-6-4-10/h7-8,10,16-17H,3-6,9H2,1-2H3. The molecule has 1 aliphatic rings. The zero-order valence-corrected chi connectivity index (χ0v) is 12.2. The van der Waals surface area contributed by atoms with Crippen LogP contribution in [0.3, 0.4) is 0 Å². The first-order valence-electron chi connectivity index (χ1n) is 6.60. The van der Waals surface area contributed by atoms with Gasteiger partial charge in [0.2, 0.25) is 0 Å². The molecule has 0 unspecified atom stereocenters. The van der Waals surface area contributed by atoms with Gasteiger partial charge in [-0.05, 0) is 31.8 Å². The first-order valence-corrected chi connectivity index (χ1v) is 6.98. The minimum Gasteiger partial charge on any atom is -0.495 e. The van der Waals surface area contributed by atoms with Crippen LogP contribution in [0.5, 0.6) is 11.5 Å². The van der Waals surface area contributed by atoms with Crippen molar-refractivity contribution in [3.8, 4) is 11.5 Å². The van der Waals surface area contributed by atoms with Crippen LogP contribution < -0.4 is 20.1 Å². The maximum Gasteiger partial charge on any atom is 0.143 e. The molecule has 0 aliphatic carbocycles. The summed E-state index contributed by atoms with van der Waals surface area (Å²) in [6.45, 7) is 3.16. The van der Waals surface area contributed by atoms with Crippen LogP contribution in [-0.2, 0) is 0 Å². The summed E-state index contributed by atoms with van der Waals surface area (Å²) >= 11 is 6.09. The third-order valence-electron chi connectivity index (χ3n) is 3.51. The molecule has 1 aromatic rings. The highest BCUT2D eigenvalue weighted by atomic mass is 35.5. The third-order valence-corrected chi connectivity index (χ3v) is 3.81. The molecular weight excluding hydrogens is 264 g/mol. The molecule has 2 N–H and O–H groups in total. The van der Waals surface area contributed by atoms with Gasteiger partial charge in [-0.3, -0.25) is 0 Å². The molecule has 0 radical (unpaired) electrons. The fourth-order valence-electron chi connectivity index (χ4n) is 2.34. The fraction of sp³-hybridized carbons (Fsp3) is 0.571. The zero-order chi connectivity index (χ0) is 13.7. The summed E-state index contributed by atoms with van der Waals surface area (Å²) in [5, 5.41) is 7.38. The predicted octanol–water partition coefficient (Wildman–Crippen LogP) is 2.77. The van der Waals surface area contributed by atoms with Gasteiger partial charge in [0.15, 0.2) is 0 Å². The fourth-order valence-corrected chi connectivity index (χ4v) is 2.57. The number of ether oxygens (including phenoxy) is 2. The van der Waals surface area contributed by atoms with Crippen LogP contribution in [0.25, 0.3) is 0 Å². The Morgan fingerprint density at radius 1 is 1.21 bits per heavy atom. The monoisotopic (exact) mass is 284 g/mol. The van der Waals surface area contributed by atoms with Crippen LogP contribution in [-0.4, -0.2) is 33.9 Å². The molecule has 2 rings (SSSR count). The molecule has 1 aliphatic heterocycles. The number of hydrogen-bond acceptors (Lipinski definition) is 4. The molecule has 1 heterocycles. The first kappa shape index (κ1) is 14.3. The van der Waals surface area contributed by atoms with Gasteiger partial charge in [0.05, 0.1) is 24.9 Å². The number of anilines is 1. The number of nitrogens with one attached hydrogen (secondary N) is 2. The van der Waals surface area contributed by atoms with E-state index in [1.165, 1.54) is 12.8 Å². The summed E-state index contributed by atoms with van der Waals surface area (Å²) < 4.78 is 10.6. The van der Waals surface area contributed by atoms with E-state index in [0.717, 1.165) is 31.1 Å². The Bertz CT molecular complexity index is 420. The molecule has 1 aromatic carbocycles. The van der Waals surface area contributed by atoms with E-state index >= 15 is 0 Å². The minimum absolute atomic E-state index is 0.562. The number of hydrogen-bond donors (Lipinski definition) is 2. The van der Waals surface area contributed by atoms with Crippen molar-refractivity contribution >= 4 is 17.3 Å². The normalized spacial score (nSPS) is 16.2. The largest absolute Gasteiger partial charge is 0.495 e. The van der Waals surface area contributed by atoms with Crippen molar-refractivity contribution in [2.75, 3.05) is 39.2 Å². The zero-order valence-electron chi connectivity index (χ0n) is 11.5. The summed E-state index contributed by atoms with van der Waals surface area (Å²) in [5.41, 5.74) is 0.933. The van der Waals surface area contributed by atoms with E-state index in [1.54, 1.807) is 20.3 Å². The second-order valence-electron chi connectivity index (χ2n) is 4.76. The molecule has 0 bridgehead atoms. The quantitative estimate of drug-likeness (QED) is 0.872. The lowest BCUT2D eigenvalue weighted by molar-refractivity contribution is 0.386. The second-order valence-corrected chi connectivity index (χ2v) is 5.17. The number of halogens is 1. The van der Waals surface area contributed by atoms with E-state index in [4.69, 9.17) is 21.1 Å². The van der Waals surface area contributed by atoms with Crippen LogP contribution in [0.4, 0.5) is 5.69 Å². The predicted molar refractivity (Wildman–Crippen MR) is 78.6 cm³/mol. The summed E-state index contributed by atoms with van der Waals surface area (Å²) in [5.74, 6) is 2.11. The maximum atomic E-state index is 6.09. The Kier molecular flexibility index (Phi) is 5.16. The van der Waals surface area contributed by atoms with Crippen molar-refractivity contribution in [2.45, 2.75) is 12.8 Å². The van der Waals surface area contributed by atoms with Gasteiger partial charge in [0.1, 0.15) is 11.5 Å². The van der Waals surface area contributed by atoms with Crippen LogP contribution in [0.1, 0.15) is 12.8 Å². The van der Waals surface area contributed by atoms with Gasteiger partial charge in [-0.2, -0.15) is 0 Å². The van der Waals surface area contributed by atoms with Crippen LogP contribution in [0.2, 0.25) is 5.02 Å². The highest BCUT2D eigenvalue weighted by Gasteiger charge is 2.15. The molecule has 19 heavy (non-hydrogen) atoms. The van der Waals surface area contributed by atoms with Gasteiger partial charge in [0.25, 0.3) is 0 Å². The number of benzene rings is 1. The molecule has 5 heteroatoms. The summed E-state index contributed by atoms with van der Waals surface area (Å²) in [7, 11) is 3.26. The summed E-state index contributed by atoms with van der Waals surface area (Å²) in [6, 6.07) is 3.67. The molecule has 0 spiro atoms. The van der Waals surface area contributed by atoms with Crippen molar-refractivity contribution in [1.29, 1.82) is 0 Å². The Morgan fingerprint density at radius 3 is 2.53 bits per heavy atom. The molecule has 0 atom stereocenters. The summed E-state index contributed by atoms with van der Waals surface area (Å²) in [4.78, 5) is 0. The molecule has 4 nitrogen and oxygen atoms in total. The lowest BCUT2D eigenvalue weighted by Gasteiger charge is -2.24. The Hall–Kier alpha value is -1.13. The van der Waals surface area contributed by atoms with Gasteiger partial charge >= 0.3 is 0 Å². The minimum atomic E-state index is 0.562. The highest BCUT2D eigenvalue weighted by Crippen LogP contribution is 2.36. The Labute approximate surface area is 119 Å². The third kappa shape index (κ3) is 3.67. The second kappa shape index (κ2) is 6.87. The van der Waals surface area contributed by atoms with Gasteiger partial charge in [-0.15, -0.1) is 0 Å². The smallest absolute Gasteiger partial charge is 0.143 e. The molecule has 0 aromatic heterocycles. The lowest BCUT2D eigenvalue weighted by Crippen LogP contribution is -2.31. The molecule has 106 valence electrons. The molecule has 1 fully saturated rings. The van der Waals surface area contributed by atoms with Crippen molar-refractivity contribution < 1.29 is 9.47 Å². The van der Waals surface area contributed by atoms with Gasteiger partial charge in [0, 0.05) is 18.7 Å². The first-order chi connectivity index (χ1) is 9.24.